The molecule has 0 amide bonds. The Morgan fingerprint density at radius 3 is 2.93 bits per heavy atom. The van der Waals surface area contributed by atoms with Crippen LogP contribution < -0.4 is 4.74 Å². The van der Waals surface area contributed by atoms with E-state index in [0.717, 1.165) is 11.3 Å². The Hall–Kier alpha value is -1.48. The molecule has 4 heteroatoms. The number of hydrogen-bond donors (Lipinski definition) is 0. The number of nitrogens with zero attached hydrogens (tertiary/aromatic N) is 1. The summed E-state index contributed by atoms with van der Waals surface area (Å²) >= 11 is 5.65. The molecular weight excluding hydrogens is 214 g/mol. The van der Waals surface area contributed by atoms with E-state index in [1.54, 1.807) is 6.07 Å². The molecule has 1 aromatic carbocycles. The fourth-order valence-corrected chi connectivity index (χ4v) is 1.44. The molecule has 1 aromatic heterocycles. The van der Waals surface area contributed by atoms with E-state index in [2.05, 4.69) is 5.16 Å². The fourth-order valence-electron chi connectivity index (χ4n) is 1.30. The van der Waals surface area contributed by atoms with Crippen molar-refractivity contribution in [3.05, 3.63) is 35.6 Å². The van der Waals surface area contributed by atoms with Gasteiger partial charge in [0.15, 0.2) is 0 Å². The topological polar surface area (TPSA) is 35.3 Å². The molecule has 2 aromatic rings. The molecule has 2 rings (SSSR count). The zero-order valence-electron chi connectivity index (χ0n) is 8.24. The molecule has 0 aliphatic carbocycles. The lowest BCUT2D eigenvalue weighted by atomic mass is 10.1. The van der Waals surface area contributed by atoms with Gasteiger partial charge >= 0.3 is 0 Å². The summed E-state index contributed by atoms with van der Waals surface area (Å²) in [4.78, 5) is 0. The predicted molar refractivity (Wildman–Crippen MR) is 58.1 cm³/mol. The summed E-state index contributed by atoms with van der Waals surface area (Å²) in [6.07, 6.45) is 0. The minimum absolute atomic E-state index is 0.284. The van der Waals surface area contributed by atoms with Gasteiger partial charge in [-0.25, -0.2) is 0 Å². The van der Waals surface area contributed by atoms with E-state index in [1.807, 2.05) is 31.2 Å². The predicted octanol–water partition coefficient (Wildman–Crippen LogP) is 3.39. The van der Waals surface area contributed by atoms with Gasteiger partial charge in [0.05, 0.1) is 6.61 Å². The number of aromatic nitrogens is 1. The average molecular weight is 224 g/mol. The summed E-state index contributed by atoms with van der Waals surface area (Å²) in [5, 5.41) is 4.11. The van der Waals surface area contributed by atoms with Crippen LogP contribution in [0.4, 0.5) is 0 Å². The second-order valence-corrected chi connectivity index (χ2v) is 3.35. The maximum atomic E-state index is 5.65. The Kier molecular flexibility index (Phi) is 2.92. The van der Waals surface area contributed by atoms with E-state index in [1.165, 1.54) is 0 Å². The third-order valence-corrected chi connectivity index (χ3v) is 2.10. The molecule has 0 unspecified atom stereocenters. The second-order valence-electron chi connectivity index (χ2n) is 2.98. The zero-order chi connectivity index (χ0) is 10.7. The maximum absolute atomic E-state index is 5.65. The molecule has 0 bridgehead atoms. The van der Waals surface area contributed by atoms with E-state index in [-0.39, 0.29) is 5.22 Å². The highest BCUT2D eigenvalue weighted by molar-refractivity contribution is 6.29. The first-order chi connectivity index (χ1) is 7.29. The van der Waals surface area contributed by atoms with Crippen LogP contribution in [-0.2, 0) is 0 Å². The van der Waals surface area contributed by atoms with Crippen molar-refractivity contribution < 1.29 is 9.26 Å². The first-order valence-electron chi connectivity index (χ1n) is 4.65. The molecule has 0 aliphatic heterocycles. The van der Waals surface area contributed by atoms with Gasteiger partial charge in [0.1, 0.15) is 11.4 Å². The van der Waals surface area contributed by atoms with Crippen molar-refractivity contribution in [1.82, 2.24) is 5.16 Å². The number of benzene rings is 1. The number of hydrogen-bond acceptors (Lipinski definition) is 3. The average Bonchev–Trinajstić information content (AvgIpc) is 2.66. The van der Waals surface area contributed by atoms with Gasteiger partial charge in [0.25, 0.3) is 0 Å². The number of halogens is 1. The van der Waals surface area contributed by atoms with Crippen LogP contribution in [0.3, 0.4) is 0 Å². The maximum Gasteiger partial charge on any atom is 0.226 e. The highest BCUT2D eigenvalue weighted by Crippen LogP contribution is 2.24. The van der Waals surface area contributed by atoms with Crippen LogP contribution in [0.25, 0.3) is 11.3 Å². The molecule has 15 heavy (non-hydrogen) atoms. The molecular formula is C11H10ClNO2. The lowest BCUT2D eigenvalue weighted by Crippen LogP contribution is -1.91. The number of ether oxygens (including phenoxy) is 1. The highest BCUT2D eigenvalue weighted by atomic mass is 35.5. The van der Waals surface area contributed by atoms with Gasteiger partial charge in [-0.05, 0) is 30.7 Å². The molecule has 0 fully saturated rings. The van der Waals surface area contributed by atoms with E-state index >= 15 is 0 Å². The van der Waals surface area contributed by atoms with E-state index in [9.17, 15) is 0 Å². The molecule has 1 heterocycles. The van der Waals surface area contributed by atoms with Gasteiger partial charge in [-0.1, -0.05) is 17.3 Å². The summed E-state index contributed by atoms with van der Waals surface area (Å²) < 4.78 is 10.2. The van der Waals surface area contributed by atoms with Crippen LogP contribution in [-0.4, -0.2) is 11.8 Å². The van der Waals surface area contributed by atoms with E-state index < -0.39 is 0 Å². The molecule has 3 nitrogen and oxygen atoms in total. The van der Waals surface area contributed by atoms with Crippen molar-refractivity contribution >= 4 is 11.6 Å². The van der Waals surface area contributed by atoms with Crippen molar-refractivity contribution in [3.63, 3.8) is 0 Å². The molecule has 0 saturated carbocycles. The summed E-state index contributed by atoms with van der Waals surface area (Å²) in [6.45, 7) is 2.59. The van der Waals surface area contributed by atoms with Crippen molar-refractivity contribution in [2.45, 2.75) is 6.92 Å². The van der Waals surface area contributed by atoms with Gasteiger partial charge < -0.3 is 9.26 Å². The summed E-state index contributed by atoms with van der Waals surface area (Å²) in [5.41, 5.74) is 1.64. The van der Waals surface area contributed by atoms with Crippen LogP contribution in [0, 0.1) is 0 Å². The SMILES string of the molecule is CCOc1cccc(-c2cc(Cl)on2)c1. The monoisotopic (exact) mass is 223 g/mol. The Morgan fingerprint density at radius 2 is 2.27 bits per heavy atom. The van der Waals surface area contributed by atoms with Crippen molar-refractivity contribution in [2.24, 2.45) is 0 Å². The van der Waals surface area contributed by atoms with Gasteiger partial charge in [0, 0.05) is 11.6 Å². The van der Waals surface area contributed by atoms with Crippen molar-refractivity contribution in [1.29, 1.82) is 0 Å². The van der Waals surface area contributed by atoms with Gasteiger partial charge in [-0.3, -0.25) is 0 Å². The van der Waals surface area contributed by atoms with Gasteiger partial charge in [-0.15, -0.1) is 0 Å². The van der Waals surface area contributed by atoms with Crippen LogP contribution in [0.1, 0.15) is 6.92 Å². The van der Waals surface area contributed by atoms with Crippen LogP contribution in [0.15, 0.2) is 34.9 Å². The summed E-state index contributed by atoms with van der Waals surface area (Å²) in [5.74, 6) is 0.814. The quantitative estimate of drug-likeness (QED) is 0.800. The number of rotatable bonds is 3. The Balaban J connectivity index is 2.32. The first-order valence-corrected chi connectivity index (χ1v) is 5.03. The Labute approximate surface area is 92.6 Å². The fraction of sp³-hybridized carbons (Fsp3) is 0.182. The molecule has 0 saturated heterocycles. The molecule has 0 aliphatic rings. The van der Waals surface area contributed by atoms with Gasteiger partial charge in [-0.2, -0.15) is 0 Å². The Morgan fingerprint density at radius 1 is 1.40 bits per heavy atom. The van der Waals surface area contributed by atoms with E-state index in [4.69, 9.17) is 20.9 Å². The molecule has 78 valence electrons. The van der Waals surface area contributed by atoms with Crippen LogP contribution >= 0.6 is 11.6 Å². The second kappa shape index (κ2) is 4.36. The first kappa shape index (κ1) is 10.1. The summed E-state index contributed by atoms with van der Waals surface area (Å²) in [7, 11) is 0. The van der Waals surface area contributed by atoms with Crippen LogP contribution in [0.2, 0.25) is 5.22 Å². The smallest absolute Gasteiger partial charge is 0.226 e. The third-order valence-electron chi connectivity index (χ3n) is 1.92. The highest BCUT2D eigenvalue weighted by Gasteiger charge is 2.05. The normalized spacial score (nSPS) is 10.3. The third kappa shape index (κ3) is 2.30. The molecule has 0 radical (unpaired) electrons. The molecule has 0 spiro atoms. The van der Waals surface area contributed by atoms with Crippen molar-refractivity contribution in [2.75, 3.05) is 6.61 Å². The minimum Gasteiger partial charge on any atom is -0.494 e. The standard InChI is InChI=1S/C11H10ClNO2/c1-2-14-9-5-3-4-8(6-9)10-7-11(12)15-13-10/h3-7H,2H2,1H3. The van der Waals surface area contributed by atoms with E-state index in [0.29, 0.717) is 12.3 Å². The molecule has 0 atom stereocenters. The Bertz CT molecular complexity index is 453. The summed E-state index contributed by atoms with van der Waals surface area (Å²) in [6, 6.07) is 9.30. The van der Waals surface area contributed by atoms with Crippen molar-refractivity contribution in [3.8, 4) is 17.0 Å². The lowest BCUT2D eigenvalue weighted by Gasteiger charge is -2.03. The van der Waals surface area contributed by atoms with Gasteiger partial charge in [0.2, 0.25) is 5.22 Å². The lowest BCUT2D eigenvalue weighted by molar-refractivity contribution is 0.340. The largest absolute Gasteiger partial charge is 0.494 e. The minimum atomic E-state index is 0.284. The zero-order valence-corrected chi connectivity index (χ0v) is 8.99. The molecule has 0 N–H and O–H groups in total. The van der Waals surface area contributed by atoms with Crippen LogP contribution in [0.5, 0.6) is 5.75 Å².